The summed E-state index contributed by atoms with van der Waals surface area (Å²) < 4.78 is 43.5. The van der Waals surface area contributed by atoms with E-state index in [0.29, 0.717) is 0 Å². The monoisotopic (exact) mass is 394 g/mol. The molecule has 9 heteroatoms. The summed E-state index contributed by atoms with van der Waals surface area (Å²) in [6.07, 6.45) is 0. The summed E-state index contributed by atoms with van der Waals surface area (Å²) in [5, 5.41) is 0. The molecule has 4 nitrogen and oxygen atoms in total. The van der Waals surface area contributed by atoms with Crippen molar-refractivity contribution in [2.45, 2.75) is 0 Å². The van der Waals surface area contributed by atoms with Crippen LogP contribution < -0.4 is 14.5 Å². The molecule has 0 aliphatic carbocycles. The molecule has 0 aliphatic rings. The summed E-state index contributed by atoms with van der Waals surface area (Å²) in [6, 6.07) is 23.1. The van der Waals surface area contributed by atoms with E-state index in [-0.39, 0.29) is 0 Å². The molecule has 150 valence electrons. The Morgan fingerprint density at radius 1 is 0.750 bits per heavy atom. The van der Waals surface area contributed by atoms with Gasteiger partial charge in [0.25, 0.3) is 0 Å². The van der Waals surface area contributed by atoms with Crippen LogP contribution in [0.3, 0.4) is 0 Å². The molecule has 0 fully saturated rings. The van der Waals surface area contributed by atoms with Gasteiger partial charge >= 0.3 is 13.1 Å². The van der Waals surface area contributed by atoms with Gasteiger partial charge in [0.05, 0.1) is 25.8 Å². The first-order chi connectivity index (χ1) is 13.1. The summed E-state index contributed by atoms with van der Waals surface area (Å²) in [5.41, 5.74) is 2.27. The van der Waals surface area contributed by atoms with Gasteiger partial charge in [-0.3, -0.25) is 4.90 Å². The second-order valence-electron chi connectivity index (χ2n) is 6.44. The third kappa shape index (κ3) is 5.51. The largest absolute Gasteiger partial charge is 0.673 e. The highest BCUT2D eigenvalue weighted by molar-refractivity contribution is 6.50. The fraction of sp³-hybridized carbons (Fsp3) is 0.211. The van der Waals surface area contributed by atoms with Gasteiger partial charge in [0.15, 0.2) is 11.5 Å². The molecular formula is C19H23BF4N4. The van der Waals surface area contributed by atoms with E-state index >= 15 is 0 Å². The lowest BCUT2D eigenvalue weighted by molar-refractivity contribution is -0.661. The van der Waals surface area contributed by atoms with E-state index in [4.69, 9.17) is 0 Å². The Bertz CT molecular complexity index is 806. The molecular weight excluding hydrogens is 371 g/mol. The molecule has 2 aromatic carbocycles. The molecule has 0 saturated carbocycles. The number of benzene rings is 2. The number of aromatic nitrogens is 2. The number of hydrogen-bond donors (Lipinski definition) is 0. The van der Waals surface area contributed by atoms with E-state index in [1.807, 2.05) is 12.1 Å². The first-order valence-corrected chi connectivity index (χ1v) is 8.60. The van der Waals surface area contributed by atoms with Crippen molar-refractivity contribution in [1.29, 1.82) is 0 Å². The third-order valence-electron chi connectivity index (χ3n) is 3.81. The molecule has 0 N–H and O–H groups in total. The van der Waals surface area contributed by atoms with E-state index in [0.717, 1.165) is 23.0 Å². The zero-order valence-electron chi connectivity index (χ0n) is 16.2. The van der Waals surface area contributed by atoms with Gasteiger partial charge in [-0.1, -0.05) is 36.4 Å². The topological polar surface area (TPSA) is 15.3 Å². The van der Waals surface area contributed by atoms with E-state index in [1.54, 1.807) is 0 Å². The average Bonchev–Trinajstić information content (AvgIpc) is 3.03. The van der Waals surface area contributed by atoms with Crippen LogP contribution in [0.25, 0.3) is 11.4 Å². The molecule has 0 bridgehead atoms. The van der Waals surface area contributed by atoms with Crippen molar-refractivity contribution in [1.82, 2.24) is 4.68 Å². The van der Waals surface area contributed by atoms with Gasteiger partial charge in [0.2, 0.25) is 0 Å². The molecule has 0 saturated heterocycles. The zero-order valence-corrected chi connectivity index (χ0v) is 16.2. The van der Waals surface area contributed by atoms with Crippen molar-refractivity contribution < 1.29 is 21.9 Å². The van der Waals surface area contributed by atoms with E-state index < -0.39 is 7.25 Å². The quantitative estimate of drug-likeness (QED) is 0.375. The van der Waals surface area contributed by atoms with Gasteiger partial charge in [-0.15, -0.1) is 4.68 Å². The maximum Gasteiger partial charge on any atom is 0.673 e. The molecule has 3 aromatic rings. The summed E-state index contributed by atoms with van der Waals surface area (Å²) >= 11 is 0. The molecule has 0 unspecified atom stereocenters. The number of halogens is 4. The number of para-hydroxylation sites is 2. The molecule has 0 amide bonds. The normalized spacial score (nSPS) is 10.9. The van der Waals surface area contributed by atoms with Crippen molar-refractivity contribution in [3.63, 3.8) is 0 Å². The van der Waals surface area contributed by atoms with E-state index in [9.17, 15) is 17.3 Å². The number of rotatable bonds is 4. The number of hydrogen-bond acceptors (Lipinski definition) is 2. The maximum absolute atomic E-state index is 9.75. The van der Waals surface area contributed by atoms with E-state index in [2.05, 4.69) is 102 Å². The molecule has 0 aliphatic heterocycles. The smallest absolute Gasteiger partial charge is 0.418 e. The van der Waals surface area contributed by atoms with Gasteiger partial charge in [0.1, 0.15) is 0 Å². The van der Waals surface area contributed by atoms with Crippen molar-refractivity contribution in [3.05, 3.63) is 66.7 Å². The highest BCUT2D eigenvalue weighted by atomic mass is 19.5. The highest BCUT2D eigenvalue weighted by Crippen LogP contribution is 2.24. The van der Waals surface area contributed by atoms with Gasteiger partial charge in [-0.05, 0) is 24.3 Å². The van der Waals surface area contributed by atoms with Gasteiger partial charge < -0.3 is 22.2 Å². The van der Waals surface area contributed by atoms with Crippen molar-refractivity contribution in [2.75, 3.05) is 38.0 Å². The Morgan fingerprint density at radius 2 is 1.21 bits per heavy atom. The van der Waals surface area contributed by atoms with Gasteiger partial charge in [-0.25, -0.2) is 0 Å². The van der Waals surface area contributed by atoms with Crippen molar-refractivity contribution in [3.8, 4) is 11.4 Å². The van der Waals surface area contributed by atoms with Crippen LogP contribution in [0.5, 0.6) is 0 Å². The van der Waals surface area contributed by atoms with Crippen molar-refractivity contribution >= 4 is 18.9 Å². The molecule has 0 atom stereocenters. The second kappa shape index (κ2) is 8.82. The molecule has 28 heavy (non-hydrogen) atoms. The summed E-state index contributed by atoms with van der Waals surface area (Å²) in [5.74, 6) is 2.26. The van der Waals surface area contributed by atoms with Crippen LogP contribution in [0, 0.1) is 0 Å². The number of nitrogens with zero attached hydrogens (tertiary/aromatic N) is 4. The lowest BCUT2D eigenvalue weighted by atomic mass is 10.3. The van der Waals surface area contributed by atoms with E-state index in [1.165, 1.54) is 0 Å². The third-order valence-corrected chi connectivity index (χ3v) is 3.81. The molecule has 1 heterocycles. The SMILES string of the molecule is CN(C)c1cc(N(C)C)[n+](-c2ccccc2)n1-c1ccccc1.F[B-](F)(F)F. The standard InChI is InChI=1S/C19H23N4.BF4/c1-20(2)18-15-19(21(3)4)23(17-13-9-6-10-14-17)22(18)16-11-7-5-8-12-16;2-1(3,4)5/h5-15H,1-4H3;/q+1;-1. The fourth-order valence-corrected chi connectivity index (χ4v) is 2.71. The second-order valence-corrected chi connectivity index (χ2v) is 6.44. The summed E-state index contributed by atoms with van der Waals surface area (Å²) in [7, 11) is 2.29. The van der Waals surface area contributed by atoms with Crippen LogP contribution in [-0.2, 0) is 0 Å². The Hall–Kier alpha value is -2.97. The fourth-order valence-electron chi connectivity index (χ4n) is 2.71. The average molecular weight is 394 g/mol. The Morgan fingerprint density at radius 3 is 1.64 bits per heavy atom. The molecule has 3 rings (SSSR count). The van der Waals surface area contributed by atoms with Crippen molar-refractivity contribution in [2.24, 2.45) is 0 Å². The lowest BCUT2D eigenvalue weighted by Crippen LogP contribution is -2.44. The maximum atomic E-state index is 9.75. The van der Waals surface area contributed by atoms with Crippen LogP contribution >= 0.6 is 0 Å². The Balaban J connectivity index is 0.000000500. The Labute approximate surface area is 162 Å². The van der Waals surface area contributed by atoms with Crippen LogP contribution in [0.1, 0.15) is 0 Å². The molecule has 0 radical (unpaired) electrons. The minimum Gasteiger partial charge on any atom is -0.418 e. The minimum absolute atomic E-state index is 1.13. The first kappa shape index (κ1) is 21.3. The Kier molecular flexibility index (Phi) is 6.72. The summed E-state index contributed by atoms with van der Waals surface area (Å²) in [6.45, 7) is 0. The minimum atomic E-state index is -6.00. The highest BCUT2D eigenvalue weighted by Gasteiger charge is 2.26. The predicted molar refractivity (Wildman–Crippen MR) is 106 cm³/mol. The summed E-state index contributed by atoms with van der Waals surface area (Å²) in [4.78, 5) is 4.28. The predicted octanol–water partition coefficient (Wildman–Crippen LogP) is 4.19. The van der Waals surface area contributed by atoms with Crippen LogP contribution in [-0.4, -0.2) is 40.1 Å². The molecule has 0 spiro atoms. The van der Waals surface area contributed by atoms with Gasteiger partial charge in [-0.2, -0.15) is 4.68 Å². The van der Waals surface area contributed by atoms with Crippen LogP contribution in [0.2, 0.25) is 0 Å². The first-order valence-electron chi connectivity index (χ1n) is 8.60. The van der Waals surface area contributed by atoms with Gasteiger partial charge in [0, 0.05) is 14.1 Å². The van der Waals surface area contributed by atoms with Crippen LogP contribution in [0.15, 0.2) is 66.7 Å². The number of anilines is 2. The molecule has 1 aromatic heterocycles. The van der Waals surface area contributed by atoms with Crippen LogP contribution in [0.4, 0.5) is 28.9 Å². The lowest BCUT2D eigenvalue weighted by Gasteiger charge is -2.16. The zero-order chi connectivity index (χ0) is 20.9.